The third-order valence-electron chi connectivity index (χ3n) is 3.83. The van der Waals surface area contributed by atoms with Crippen LogP contribution < -0.4 is 10.6 Å². The Morgan fingerprint density at radius 3 is 2.79 bits per heavy atom. The fourth-order valence-electron chi connectivity index (χ4n) is 2.67. The van der Waals surface area contributed by atoms with Crippen molar-refractivity contribution in [1.82, 2.24) is 5.32 Å². The highest BCUT2D eigenvalue weighted by molar-refractivity contribution is 9.10. The number of anilines is 1. The van der Waals surface area contributed by atoms with Gasteiger partial charge in [-0.3, -0.25) is 9.59 Å². The van der Waals surface area contributed by atoms with E-state index in [4.69, 9.17) is 4.74 Å². The number of hydrogen-bond acceptors (Lipinski definition) is 3. The van der Waals surface area contributed by atoms with E-state index in [1.807, 2.05) is 24.3 Å². The van der Waals surface area contributed by atoms with Crippen molar-refractivity contribution in [3.8, 4) is 0 Å². The summed E-state index contributed by atoms with van der Waals surface area (Å²) in [6, 6.07) is 15.1. The lowest BCUT2D eigenvalue weighted by atomic mass is 9.97. The zero-order valence-electron chi connectivity index (χ0n) is 12.9. The van der Waals surface area contributed by atoms with Crippen LogP contribution in [-0.2, 0) is 20.7 Å². The molecule has 0 saturated heterocycles. The summed E-state index contributed by atoms with van der Waals surface area (Å²) in [6.07, 6.45) is 0.641. The first-order chi connectivity index (χ1) is 11.6. The quantitative estimate of drug-likeness (QED) is 0.794. The third-order valence-corrected chi connectivity index (χ3v) is 4.32. The van der Waals surface area contributed by atoms with Crippen LogP contribution in [0.4, 0.5) is 5.69 Å². The van der Waals surface area contributed by atoms with Crippen LogP contribution in [0, 0.1) is 0 Å². The number of carbonyl (C=O) groups is 2. The summed E-state index contributed by atoms with van der Waals surface area (Å²) in [5, 5.41) is 5.21. The number of hydrogen-bond donors (Lipinski definition) is 2. The number of carbonyl (C=O) groups excluding carboxylic acids is 2. The average Bonchev–Trinajstić information content (AvgIpc) is 2.59. The van der Waals surface area contributed by atoms with Gasteiger partial charge in [-0.05, 0) is 35.7 Å². The Kier molecular flexibility index (Phi) is 5.27. The van der Waals surface area contributed by atoms with Gasteiger partial charge in [-0.25, -0.2) is 0 Å². The number of rotatable bonds is 3. The first kappa shape index (κ1) is 16.7. The van der Waals surface area contributed by atoms with Crippen molar-refractivity contribution in [2.45, 2.75) is 12.5 Å². The molecule has 0 fully saturated rings. The van der Waals surface area contributed by atoms with E-state index in [1.165, 1.54) is 5.56 Å². The maximum atomic E-state index is 12.0. The number of amides is 2. The molecule has 0 bridgehead atoms. The minimum atomic E-state index is -0.697. The predicted molar refractivity (Wildman–Crippen MR) is 94.6 cm³/mol. The standard InChI is InChI=1S/C18H17BrN2O3/c19-13-5-3-6-14(10-13)21-18(23)17(22)20-11-16-15-7-2-1-4-12(15)8-9-24-16/h1-7,10,16H,8-9,11H2,(H,20,22)(H,21,23). The maximum absolute atomic E-state index is 12.0. The van der Waals surface area contributed by atoms with Crippen molar-refractivity contribution >= 4 is 33.4 Å². The normalized spacial score (nSPS) is 16.1. The molecule has 1 aliphatic heterocycles. The van der Waals surface area contributed by atoms with E-state index in [0.717, 1.165) is 16.5 Å². The second-order valence-electron chi connectivity index (χ2n) is 5.48. The van der Waals surface area contributed by atoms with E-state index in [9.17, 15) is 9.59 Å². The van der Waals surface area contributed by atoms with Crippen LogP contribution in [0.2, 0.25) is 0 Å². The summed E-state index contributed by atoms with van der Waals surface area (Å²) >= 11 is 3.32. The molecule has 0 saturated carbocycles. The molecule has 2 aromatic carbocycles. The van der Waals surface area contributed by atoms with Gasteiger partial charge < -0.3 is 15.4 Å². The van der Waals surface area contributed by atoms with Gasteiger partial charge in [0.15, 0.2) is 0 Å². The summed E-state index contributed by atoms with van der Waals surface area (Å²) in [5.41, 5.74) is 2.85. The zero-order chi connectivity index (χ0) is 16.9. The molecule has 0 aromatic heterocycles. The highest BCUT2D eigenvalue weighted by Crippen LogP contribution is 2.26. The second kappa shape index (κ2) is 7.59. The molecule has 124 valence electrons. The van der Waals surface area contributed by atoms with E-state index in [-0.39, 0.29) is 12.6 Å². The zero-order valence-corrected chi connectivity index (χ0v) is 14.5. The molecular weight excluding hydrogens is 372 g/mol. The molecule has 2 amide bonds. The lowest BCUT2D eigenvalue weighted by molar-refractivity contribution is -0.136. The van der Waals surface area contributed by atoms with E-state index in [0.29, 0.717) is 12.3 Å². The molecule has 0 aliphatic carbocycles. The van der Waals surface area contributed by atoms with Crippen molar-refractivity contribution in [3.05, 3.63) is 64.1 Å². The van der Waals surface area contributed by atoms with Crippen LogP contribution in [0.1, 0.15) is 17.2 Å². The number of nitrogens with one attached hydrogen (secondary N) is 2. The number of fused-ring (bicyclic) bond motifs is 1. The minimum Gasteiger partial charge on any atom is -0.371 e. The molecule has 1 unspecified atom stereocenters. The lowest BCUT2D eigenvalue weighted by Crippen LogP contribution is -2.38. The number of benzene rings is 2. The topological polar surface area (TPSA) is 67.4 Å². The fraction of sp³-hybridized carbons (Fsp3) is 0.222. The molecule has 3 rings (SSSR count). The van der Waals surface area contributed by atoms with Gasteiger partial charge in [0, 0.05) is 16.7 Å². The molecule has 1 atom stereocenters. The van der Waals surface area contributed by atoms with Crippen molar-refractivity contribution in [2.24, 2.45) is 0 Å². The second-order valence-corrected chi connectivity index (χ2v) is 6.40. The Morgan fingerprint density at radius 1 is 1.12 bits per heavy atom. The van der Waals surface area contributed by atoms with Gasteiger partial charge in [0.25, 0.3) is 0 Å². The molecule has 0 radical (unpaired) electrons. The van der Waals surface area contributed by atoms with Crippen LogP contribution in [0.15, 0.2) is 53.0 Å². The summed E-state index contributed by atoms with van der Waals surface area (Å²) < 4.78 is 6.54. The molecule has 1 heterocycles. The van der Waals surface area contributed by atoms with Crippen LogP contribution in [-0.4, -0.2) is 25.0 Å². The van der Waals surface area contributed by atoms with E-state index >= 15 is 0 Å². The monoisotopic (exact) mass is 388 g/mol. The van der Waals surface area contributed by atoms with Gasteiger partial charge >= 0.3 is 11.8 Å². The Labute approximate surface area is 148 Å². The Hall–Kier alpha value is -2.18. The number of halogens is 1. The van der Waals surface area contributed by atoms with Crippen LogP contribution in [0.5, 0.6) is 0 Å². The molecule has 2 aromatic rings. The smallest absolute Gasteiger partial charge is 0.313 e. The highest BCUT2D eigenvalue weighted by Gasteiger charge is 2.22. The van der Waals surface area contributed by atoms with Gasteiger partial charge in [0.05, 0.1) is 6.61 Å². The average molecular weight is 389 g/mol. The van der Waals surface area contributed by atoms with Gasteiger partial charge in [0.2, 0.25) is 0 Å². The van der Waals surface area contributed by atoms with Gasteiger partial charge in [0.1, 0.15) is 6.10 Å². The fourth-order valence-corrected chi connectivity index (χ4v) is 3.06. The Balaban J connectivity index is 1.57. The lowest BCUT2D eigenvalue weighted by Gasteiger charge is -2.26. The van der Waals surface area contributed by atoms with E-state index in [1.54, 1.807) is 18.2 Å². The van der Waals surface area contributed by atoms with Crippen LogP contribution >= 0.6 is 15.9 Å². The summed E-state index contributed by atoms with van der Waals surface area (Å²) in [5.74, 6) is -1.38. The summed E-state index contributed by atoms with van der Waals surface area (Å²) in [6.45, 7) is 0.879. The highest BCUT2D eigenvalue weighted by atomic mass is 79.9. The van der Waals surface area contributed by atoms with Crippen molar-refractivity contribution in [1.29, 1.82) is 0 Å². The molecule has 6 heteroatoms. The molecular formula is C18H17BrN2O3. The number of ether oxygens (including phenoxy) is 1. The van der Waals surface area contributed by atoms with E-state index < -0.39 is 11.8 Å². The predicted octanol–water partition coefficient (Wildman–Crippen LogP) is 2.82. The maximum Gasteiger partial charge on any atom is 0.313 e. The molecule has 2 N–H and O–H groups in total. The van der Waals surface area contributed by atoms with Crippen LogP contribution in [0.3, 0.4) is 0 Å². The first-order valence-corrected chi connectivity index (χ1v) is 8.47. The summed E-state index contributed by atoms with van der Waals surface area (Å²) in [4.78, 5) is 24.0. The SMILES string of the molecule is O=C(NCC1OCCc2ccccc21)C(=O)Nc1cccc(Br)c1. The largest absolute Gasteiger partial charge is 0.371 e. The van der Waals surface area contributed by atoms with Crippen molar-refractivity contribution in [3.63, 3.8) is 0 Å². The van der Waals surface area contributed by atoms with Crippen molar-refractivity contribution < 1.29 is 14.3 Å². The molecule has 0 spiro atoms. The Morgan fingerprint density at radius 2 is 1.96 bits per heavy atom. The minimum absolute atomic E-state index is 0.224. The molecule has 5 nitrogen and oxygen atoms in total. The summed E-state index contributed by atoms with van der Waals surface area (Å²) in [7, 11) is 0. The molecule has 24 heavy (non-hydrogen) atoms. The Bertz CT molecular complexity index is 763. The van der Waals surface area contributed by atoms with Gasteiger partial charge in [-0.1, -0.05) is 46.3 Å². The molecule has 1 aliphatic rings. The van der Waals surface area contributed by atoms with Crippen molar-refractivity contribution in [2.75, 3.05) is 18.5 Å². The van der Waals surface area contributed by atoms with Crippen LogP contribution in [0.25, 0.3) is 0 Å². The van der Waals surface area contributed by atoms with Gasteiger partial charge in [-0.2, -0.15) is 0 Å². The first-order valence-electron chi connectivity index (χ1n) is 7.67. The van der Waals surface area contributed by atoms with Gasteiger partial charge in [-0.15, -0.1) is 0 Å². The van der Waals surface area contributed by atoms with E-state index in [2.05, 4.69) is 32.6 Å². The third kappa shape index (κ3) is 4.01.